The van der Waals surface area contributed by atoms with Gasteiger partial charge in [0.1, 0.15) is 12.4 Å². The van der Waals surface area contributed by atoms with E-state index in [-0.39, 0.29) is 5.91 Å². The minimum Gasteiger partial charge on any atom is -0.492 e. The van der Waals surface area contributed by atoms with Crippen molar-refractivity contribution in [1.29, 1.82) is 0 Å². The average molecular weight is 454 g/mol. The summed E-state index contributed by atoms with van der Waals surface area (Å²) in [4.78, 5) is 16.5. The van der Waals surface area contributed by atoms with Gasteiger partial charge in [-0.15, -0.1) is 11.3 Å². The first kappa shape index (κ1) is 22.6. The van der Waals surface area contributed by atoms with Crippen molar-refractivity contribution in [3.63, 3.8) is 0 Å². The molecule has 170 valence electrons. The first-order valence-electron chi connectivity index (χ1n) is 11.1. The average Bonchev–Trinajstić information content (AvgIpc) is 3.42. The Labute approximate surface area is 193 Å². The summed E-state index contributed by atoms with van der Waals surface area (Å²) in [5, 5.41) is 5.14. The molecule has 2 aromatic heterocycles. The molecule has 4 rings (SSSR count). The maximum atomic E-state index is 12.9. The summed E-state index contributed by atoms with van der Waals surface area (Å²) < 4.78 is 13.5. The van der Waals surface area contributed by atoms with Gasteiger partial charge in [-0.05, 0) is 49.1 Å². The zero-order valence-corrected chi connectivity index (χ0v) is 19.6. The summed E-state index contributed by atoms with van der Waals surface area (Å²) in [5.41, 5.74) is 3.84. The van der Waals surface area contributed by atoms with Crippen LogP contribution in [0.4, 0.5) is 0 Å². The Bertz CT molecular complexity index is 1020. The normalized spacial score (nSPS) is 14.4. The third-order valence-electron chi connectivity index (χ3n) is 5.84. The highest BCUT2D eigenvalue weighted by Gasteiger charge is 2.16. The number of ether oxygens (including phenoxy) is 2. The summed E-state index contributed by atoms with van der Waals surface area (Å²) in [6.07, 6.45) is 0. The van der Waals surface area contributed by atoms with Crippen LogP contribution in [0.2, 0.25) is 0 Å². The van der Waals surface area contributed by atoms with E-state index in [1.54, 1.807) is 11.3 Å². The first-order valence-corrected chi connectivity index (χ1v) is 12.0. The number of benzene rings is 1. The van der Waals surface area contributed by atoms with Crippen LogP contribution in [0.5, 0.6) is 5.75 Å². The number of amides is 1. The number of aromatic nitrogens is 1. The Morgan fingerprint density at radius 3 is 2.78 bits per heavy atom. The Balaban J connectivity index is 1.30. The van der Waals surface area contributed by atoms with Crippen molar-refractivity contribution in [2.75, 3.05) is 39.5 Å². The lowest BCUT2D eigenvalue weighted by Gasteiger charge is -2.26. The number of nitrogens with zero attached hydrogens (tertiary/aromatic N) is 2. The van der Waals surface area contributed by atoms with Gasteiger partial charge < -0.3 is 19.4 Å². The molecule has 0 bridgehead atoms. The molecule has 0 saturated carbocycles. The molecule has 1 aromatic carbocycles. The molecule has 0 spiro atoms. The summed E-state index contributed by atoms with van der Waals surface area (Å²) in [7, 11) is 0. The predicted octanol–water partition coefficient (Wildman–Crippen LogP) is 3.86. The maximum Gasteiger partial charge on any atom is 0.253 e. The van der Waals surface area contributed by atoms with Crippen molar-refractivity contribution in [1.82, 2.24) is 14.8 Å². The number of morpholine rings is 1. The van der Waals surface area contributed by atoms with E-state index in [1.807, 2.05) is 37.3 Å². The van der Waals surface area contributed by atoms with Crippen LogP contribution in [0, 0.1) is 13.8 Å². The number of rotatable bonds is 9. The lowest BCUT2D eigenvalue weighted by molar-refractivity contribution is 0.0322. The largest absolute Gasteiger partial charge is 0.492 e. The fourth-order valence-corrected chi connectivity index (χ4v) is 4.67. The third-order valence-corrected chi connectivity index (χ3v) is 6.70. The van der Waals surface area contributed by atoms with Crippen LogP contribution < -0.4 is 10.1 Å². The van der Waals surface area contributed by atoms with Gasteiger partial charge in [-0.2, -0.15) is 0 Å². The van der Waals surface area contributed by atoms with E-state index < -0.39 is 0 Å². The minimum atomic E-state index is -0.0471. The number of nitrogens with one attached hydrogen (secondary N) is 1. The first-order chi connectivity index (χ1) is 15.6. The van der Waals surface area contributed by atoms with Crippen LogP contribution in [-0.2, 0) is 17.8 Å². The van der Waals surface area contributed by atoms with Crippen molar-refractivity contribution >= 4 is 17.2 Å². The quantitative estimate of drug-likeness (QED) is 0.535. The van der Waals surface area contributed by atoms with Crippen molar-refractivity contribution in [2.24, 2.45) is 0 Å². The smallest absolute Gasteiger partial charge is 0.253 e. The number of carbonyl (C=O) groups excluding carboxylic acids is 1. The molecule has 3 heterocycles. The molecule has 6 nitrogen and oxygen atoms in total. The van der Waals surface area contributed by atoms with Gasteiger partial charge in [0.05, 0.1) is 25.3 Å². The molecular formula is C25H31N3O3S. The number of hydrogen-bond donors (Lipinski definition) is 1. The molecule has 0 atom stereocenters. The molecule has 1 aliphatic heterocycles. The van der Waals surface area contributed by atoms with Crippen molar-refractivity contribution in [3.8, 4) is 5.75 Å². The second kappa shape index (κ2) is 10.8. The highest BCUT2D eigenvalue weighted by Crippen LogP contribution is 2.20. The topological polar surface area (TPSA) is 55.7 Å². The molecule has 3 aromatic rings. The Kier molecular flexibility index (Phi) is 7.63. The second-order valence-electron chi connectivity index (χ2n) is 8.08. The van der Waals surface area contributed by atoms with E-state index in [4.69, 9.17) is 9.47 Å². The lowest BCUT2D eigenvalue weighted by Crippen LogP contribution is -2.38. The number of thiophene rings is 1. The van der Waals surface area contributed by atoms with Gasteiger partial charge in [-0.3, -0.25) is 9.69 Å². The highest BCUT2D eigenvalue weighted by atomic mass is 32.1. The fraction of sp³-hybridized carbons (Fsp3) is 0.400. The summed E-state index contributed by atoms with van der Waals surface area (Å²) >= 11 is 1.73. The molecule has 32 heavy (non-hydrogen) atoms. The van der Waals surface area contributed by atoms with Gasteiger partial charge >= 0.3 is 0 Å². The summed E-state index contributed by atoms with van der Waals surface area (Å²) in [6, 6.07) is 14.1. The van der Waals surface area contributed by atoms with Crippen LogP contribution in [0.15, 0.2) is 47.8 Å². The van der Waals surface area contributed by atoms with Gasteiger partial charge in [0.15, 0.2) is 0 Å². The van der Waals surface area contributed by atoms with E-state index >= 15 is 0 Å². The van der Waals surface area contributed by atoms with Gasteiger partial charge in [-0.25, -0.2) is 0 Å². The van der Waals surface area contributed by atoms with Crippen molar-refractivity contribution in [2.45, 2.75) is 26.9 Å². The highest BCUT2D eigenvalue weighted by molar-refractivity contribution is 7.09. The summed E-state index contributed by atoms with van der Waals surface area (Å²) in [5.74, 6) is 0.785. The maximum absolute atomic E-state index is 12.9. The predicted molar refractivity (Wildman–Crippen MR) is 128 cm³/mol. The summed E-state index contributed by atoms with van der Waals surface area (Å²) in [6.45, 7) is 10.4. The molecule has 1 N–H and O–H groups in total. The number of carbonyl (C=O) groups is 1. The number of hydrogen-bond acceptors (Lipinski definition) is 5. The molecule has 0 radical (unpaired) electrons. The second-order valence-corrected chi connectivity index (χ2v) is 9.12. The van der Waals surface area contributed by atoms with Gasteiger partial charge in [-0.1, -0.05) is 18.2 Å². The van der Waals surface area contributed by atoms with Crippen LogP contribution in [0.1, 0.15) is 32.2 Å². The van der Waals surface area contributed by atoms with Crippen LogP contribution in [0.3, 0.4) is 0 Å². The molecule has 0 aliphatic carbocycles. The molecular weight excluding hydrogens is 422 g/mol. The van der Waals surface area contributed by atoms with Crippen LogP contribution in [0.25, 0.3) is 0 Å². The van der Waals surface area contributed by atoms with Crippen LogP contribution >= 0.6 is 11.3 Å². The third kappa shape index (κ3) is 5.79. The lowest BCUT2D eigenvalue weighted by atomic mass is 10.2. The standard InChI is InChI=1S/C25H31N3O3S/c1-19-15-24(20(2)28(19)18-23-7-4-14-32-23)25(29)26-17-21-5-3-6-22(16-21)31-13-10-27-8-11-30-12-9-27/h3-7,14-16H,8-13,17-18H2,1-2H3,(H,26,29). The molecule has 1 aliphatic rings. The van der Waals surface area contributed by atoms with E-state index in [0.717, 1.165) is 67.7 Å². The zero-order valence-electron chi connectivity index (χ0n) is 18.8. The molecule has 7 heteroatoms. The fourth-order valence-electron chi connectivity index (χ4n) is 3.97. The number of aryl methyl sites for hydroxylation is 1. The van der Waals surface area contributed by atoms with E-state index in [9.17, 15) is 4.79 Å². The van der Waals surface area contributed by atoms with E-state index in [0.29, 0.717) is 13.2 Å². The Morgan fingerprint density at radius 2 is 2.00 bits per heavy atom. The Morgan fingerprint density at radius 1 is 1.16 bits per heavy atom. The van der Waals surface area contributed by atoms with E-state index in [2.05, 4.69) is 39.2 Å². The molecule has 0 unspecified atom stereocenters. The van der Waals surface area contributed by atoms with Gasteiger partial charge in [0, 0.05) is 42.4 Å². The molecule has 1 amide bonds. The van der Waals surface area contributed by atoms with Gasteiger partial charge in [0.25, 0.3) is 5.91 Å². The van der Waals surface area contributed by atoms with Crippen molar-refractivity contribution in [3.05, 3.63) is 75.2 Å². The minimum absolute atomic E-state index is 0.0471. The SMILES string of the molecule is Cc1cc(C(=O)NCc2cccc(OCCN3CCOCC3)c2)c(C)n1Cc1cccs1. The van der Waals surface area contributed by atoms with Crippen LogP contribution in [-0.4, -0.2) is 54.8 Å². The van der Waals surface area contributed by atoms with E-state index in [1.165, 1.54) is 4.88 Å². The molecule has 1 fully saturated rings. The van der Waals surface area contributed by atoms with Crippen molar-refractivity contribution < 1.29 is 14.3 Å². The monoisotopic (exact) mass is 453 g/mol. The zero-order chi connectivity index (χ0) is 22.3. The molecule has 1 saturated heterocycles. The Hall–Kier alpha value is -2.61. The van der Waals surface area contributed by atoms with Gasteiger partial charge in [0.2, 0.25) is 0 Å².